The van der Waals surface area contributed by atoms with E-state index in [0.717, 1.165) is 20.5 Å². The van der Waals surface area contributed by atoms with Gasteiger partial charge in [-0.1, -0.05) is 51.8 Å². The van der Waals surface area contributed by atoms with Crippen molar-refractivity contribution in [2.45, 2.75) is 13.5 Å². The van der Waals surface area contributed by atoms with Gasteiger partial charge in [0.25, 0.3) is 11.8 Å². The lowest BCUT2D eigenvalue weighted by atomic mass is 10.1. The zero-order valence-corrected chi connectivity index (χ0v) is 20.6. The highest BCUT2D eigenvalue weighted by Gasteiger charge is 2.36. The zero-order chi connectivity index (χ0) is 23.5. The first-order chi connectivity index (χ1) is 15.8. The Kier molecular flexibility index (Phi) is 6.76. The predicted octanol–water partition coefficient (Wildman–Crippen LogP) is 5.77. The number of halogens is 2. The molecule has 1 aliphatic heterocycles. The SMILES string of the molecule is Cc1cccc(COc2ccc(/C=C3\C(=O)NC(=O)N(c4ccc(Br)cc4)C3=O)cc2Br)c1. The maximum atomic E-state index is 13.0. The molecule has 0 saturated carbocycles. The first kappa shape index (κ1) is 22.9. The van der Waals surface area contributed by atoms with Gasteiger partial charge in [-0.25, -0.2) is 9.69 Å². The first-order valence-corrected chi connectivity index (χ1v) is 11.6. The van der Waals surface area contributed by atoms with Gasteiger partial charge in [0.2, 0.25) is 0 Å². The van der Waals surface area contributed by atoms with Crippen LogP contribution in [0, 0.1) is 6.92 Å². The Labute approximate surface area is 207 Å². The minimum Gasteiger partial charge on any atom is -0.488 e. The number of urea groups is 1. The number of carbonyl (C=O) groups is 3. The second-order valence-corrected chi connectivity index (χ2v) is 9.17. The number of ether oxygens (including phenoxy) is 1. The van der Waals surface area contributed by atoms with Crippen LogP contribution in [0.15, 0.2) is 81.2 Å². The standard InChI is InChI=1S/C25H18Br2N2O4/c1-15-3-2-4-17(11-15)14-33-22-10-5-16(13-21(22)27)12-20-23(30)28-25(32)29(24(20)31)19-8-6-18(26)7-9-19/h2-13H,14H2,1H3,(H,28,30,32)/b20-12+. The molecule has 1 heterocycles. The molecule has 0 spiro atoms. The molecule has 3 aromatic rings. The number of nitrogens with zero attached hydrogens (tertiary/aromatic N) is 1. The normalized spacial score (nSPS) is 15.1. The van der Waals surface area contributed by atoms with Crippen molar-refractivity contribution in [2.75, 3.05) is 4.90 Å². The highest BCUT2D eigenvalue weighted by Crippen LogP contribution is 2.29. The number of aryl methyl sites for hydroxylation is 1. The molecule has 0 unspecified atom stereocenters. The quantitative estimate of drug-likeness (QED) is 0.313. The Morgan fingerprint density at radius 3 is 2.42 bits per heavy atom. The van der Waals surface area contributed by atoms with Crippen molar-refractivity contribution in [3.63, 3.8) is 0 Å². The van der Waals surface area contributed by atoms with Crippen molar-refractivity contribution in [1.82, 2.24) is 5.32 Å². The van der Waals surface area contributed by atoms with E-state index in [-0.39, 0.29) is 5.57 Å². The molecule has 0 atom stereocenters. The Morgan fingerprint density at radius 2 is 1.73 bits per heavy atom. The number of amides is 4. The van der Waals surface area contributed by atoms with Crippen LogP contribution in [0.1, 0.15) is 16.7 Å². The van der Waals surface area contributed by atoms with Crippen molar-refractivity contribution < 1.29 is 19.1 Å². The maximum absolute atomic E-state index is 13.0. The minimum absolute atomic E-state index is 0.141. The number of anilines is 1. The molecule has 0 aromatic heterocycles. The number of benzene rings is 3. The molecule has 6 nitrogen and oxygen atoms in total. The fourth-order valence-corrected chi connectivity index (χ4v) is 4.11. The van der Waals surface area contributed by atoms with E-state index in [0.29, 0.717) is 28.1 Å². The highest BCUT2D eigenvalue weighted by molar-refractivity contribution is 9.10. The van der Waals surface area contributed by atoms with E-state index in [1.807, 2.05) is 25.1 Å². The van der Waals surface area contributed by atoms with E-state index in [1.54, 1.807) is 42.5 Å². The summed E-state index contributed by atoms with van der Waals surface area (Å²) in [6.07, 6.45) is 1.45. The fourth-order valence-electron chi connectivity index (χ4n) is 3.34. The van der Waals surface area contributed by atoms with Gasteiger partial charge in [-0.3, -0.25) is 14.9 Å². The fraction of sp³-hybridized carbons (Fsp3) is 0.0800. The number of carbonyl (C=O) groups excluding carboxylic acids is 3. The molecule has 0 radical (unpaired) electrons. The molecule has 3 aromatic carbocycles. The number of barbiturate groups is 1. The predicted molar refractivity (Wildman–Crippen MR) is 133 cm³/mol. The number of nitrogens with one attached hydrogen (secondary N) is 1. The van der Waals surface area contributed by atoms with Crippen molar-refractivity contribution in [3.05, 3.63) is 97.9 Å². The monoisotopic (exact) mass is 568 g/mol. The molecule has 0 bridgehead atoms. The molecule has 8 heteroatoms. The number of rotatable bonds is 5. The first-order valence-electron chi connectivity index (χ1n) is 9.97. The molecule has 4 amide bonds. The third-order valence-corrected chi connectivity index (χ3v) is 6.08. The van der Waals surface area contributed by atoms with Gasteiger partial charge in [-0.2, -0.15) is 0 Å². The van der Waals surface area contributed by atoms with Crippen LogP contribution in [0.2, 0.25) is 0 Å². The van der Waals surface area contributed by atoms with Crippen LogP contribution < -0.4 is 15.0 Å². The van der Waals surface area contributed by atoms with Crippen LogP contribution in [-0.2, 0) is 16.2 Å². The summed E-state index contributed by atoms with van der Waals surface area (Å²) in [6, 6.07) is 19.2. The van der Waals surface area contributed by atoms with Crippen molar-refractivity contribution in [3.8, 4) is 5.75 Å². The second kappa shape index (κ2) is 9.72. The lowest BCUT2D eigenvalue weighted by molar-refractivity contribution is -0.122. The summed E-state index contributed by atoms with van der Waals surface area (Å²) < 4.78 is 7.37. The van der Waals surface area contributed by atoms with Gasteiger partial charge in [0.1, 0.15) is 17.9 Å². The third-order valence-electron chi connectivity index (χ3n) is 4.93. The Bertz CT molecular complexity index is 1290. The molecule has 1 saturated heterocycles. The third kappa shape index (κ3) is 5.23. The molecule has 1 aliphatic rings. The zero-order valence-electron chi connectivity index (χ0n) is 17.5. The average molecular weight is 570 g/mol. The minimum atomic E-state index is -0.787. The summed E-state index contributed by atoms with van der Waals surface area (Å²) in [6.45, 7) is 2.43. The van der Waals surface area contributed by atoms with E-state index >= 15 is 0 Å². The molecule has 1 fully saturated rings. The number of hydrogen-bond acceptors (Lipinski definition) is 4. The molecule has 1 N–H and O–H groups in total. The van der Waals surface area contributed by atoms with E-state index in [4.69, 9.17) is 4.74 Å². The van der Waals surface area contributed by atoms with Gasteiger partial charge in [0, 0.05) is 4.47 Å². The van der Waals surface area contributed by atoms with Gasteiger partial charge < -0.3 is 4.74 Å². The largest absolute Gasteiger partial charge is 0.488 e. The molecule has 166 valence electrons. The van der Waals surface area contributed by atoms with Crippen LogP contribution in [0.25, 0.3) is 6.08 Å². The summed E-state index contributed by atoms with van der Waals surface area (Å²) in [7, 11) is 0. The van der Waals surface area contributed by atoms with Crippen LogP contribution in [0.3, 0.4) is 0 Å². The molecular formula is C25H18Br2N2O4. The lowest BCUT2D eigenvalue weighted by Gasteiger charge is -2.26. The highest BCUT2D eigenvalue weighted by atomic mass is 79.9. The summed E-state index contributed by atoms with van der Waals surface area (Å²) in [5.74, 6) is -0.805. The smallest absolute Gasteiger partial charge is 0.335 e. The van der Waals surface area contributed by atoms with E-state index in [1.165, 1.54) is 6.08 Å². The summed E-state index contributed by atoms with van der Waals surface area (Å²) in [4.78, 5) is 38.7. The van der Waals surface area contributed by atoms with Gasteiger partial charge in [-0.05, 0) is 76.5 Å². The molecule has 33 heavy (non-hydrogen) atoms. The van der Waals surface area contributed by atoms with Gasteiger partial charge >= 0.3 is 6.03 Å². The topological polar surface area (TPSA) is 75.7 Å². The van der Waals surface area contributed by atoms with Crippen molar-refractivity contribution in [2.24, 2.45) is 0 Å². The van der Waals surface area contributed by atoms with Crippen LogP contribution in [0.4, 0.5) is 10.5 Å². The Hall–Kier alpha value is -3.23. The van der Waals surface area contributed by atoms with Crippen molar-refractivity contribution >= 4 is 61.5 Å². The average Bonchev–Trinajstić information content (AvgIpc) is 2.77. The summed E-state index contributed by atoms with van der Waals surface area (Å²) in [5.41, 5.74) is 3.03. The molecular weight excluding hydrogens is 552 g/mol. The Balaban J connectivity index is 1.56. The van der Waals surface area contributed by atoms with E-state index in [2.05, 4.69) is 43.2 Å². The maximum Gasteiger partial charge on any atom is 0.335 e. The summed E-state index contributed by atoms with van der Waals surface area (Å²) >= 11 is 6.81. The second-order valence-electron chi connectivity index (χ2n) is 7.40. The van der Waals surface area contributed by atoms with Gasteiger partial charge in [0.15, 0.2) is 0 Å². The lowest BCUT2D eigenvalue weighted by Crippen LogP contribution is -2.54. The number of imide groups is 2. The van der Waals surface area contributed by atoms with Crippen LogP contribution in [0.5, 0.6) is 5.75 Å². The van der Waals surface area contributed by atoms with Gasteiger partial charge in [-0.15, -0.1) is 0 Å². The molecule has 4 rings (SSSR count). The van der Waals surface area contributed by atoms with Gasteiger partial charge in [0.05, 0.1) is 10.2 Å². The van der Waals surface area contributed by atoms with E-state index < -0.39 is 17.8 Å². The van der Waals surface area contributed by atoms with Crippen molar-refractivity contribution in [1.29, 1.82) is 0 Å². The van der Waals surface area contributed by atoms with Crippen LogP contribution in [-0.4, -0.2) is 17.8 Å². The molecule has 0 aliphatic carbocycles. The van der Waals surface area contributed by atoms with E-state index in [9.17, 15) is 14.4 Å². The van der Waals surface area contributed by atoms with Crippen LogP contribution >= 0.6 is 31.9 Å². The number of hydrogen-bond donors (Lipinski definition) is 1. The summed E-state index contributed by atoms with van der Waals surface area (Å²) in [5, 5.41) is 2.22. The Morgan fingerprint density at radius 1 is 0.970 bits per heavy atom.